The third-order valence-corrected chi connectivity index (χ3v) is 1.17. The molecule has 0 heterocycles. The Morgan fingerprint density at radius 1 is 1.67 bits per heavy atom. The van der Waals surface area contributed by atoms with Gasteiger partial charge in [-0.05, 0) is 13.0 Å². The summed E-state index contributed by atoms with van der Waals surface area (Å²) in [6.45, 7) is 4.42. The summed E-state index contributed by atoms with van der Waals surface area (Å²) in [5.74, 6) is -0.525. The molecule has 0 aromatic rings. The number of hydrogen-bond acceptors (Lipinski definition) is 4. The summed E-state index contributed by atoms with van der Waals surface area (Å²) < 4.78 is 13.7. The zero-order valence-electron chi connectivity index (χ0n) is 6.34. The second-order valence-corrected chi connectivity index (χ2v) is 3.04. The molecule has 0 saturated carbocycles. The fraction of sp³-hybridized carbons (Fsp3) is 0.400. The van der Waals surface area contributed by atoms with Crippen LogP contribution in [0.5, 0.6) is 0 Å². The molecular weight excluding hydrogens is 187 g/mol. The van der Waals surface area contributed by atoms with E-state index in [2.05, 4.69) is 16.1 Å². The van der Waals surface area contributed by atoms with E-state index in [4.69, 9.17) is 9.79 Å². The van der Waals surface area contributed by atoms with Crippen LogP contribution < -0.4 is 0 Å². The lowest BCUT2D eigenvalue weighted by Crippen LogP contribution is -2.17. The highest BCUT2D eigenvalue weighted by molar-refractivity contribution is 7.46. The van der Waals surface area contributed by atoms with Crippen LogP contribution in [0.1, 0.15) is 6.92 Å². The molecule has 2 N–H and O–H groups in total. The van der Waals surface area contributed by atoms with Crippen LogP contribution in [0, 0.1) is 0 Å². The third-order valence-electron chi connectivity index (χ3n) is 0.886. The first-order chi connectivity index (χ1) is 5.37. The van der Waals surface area contributed by atoms with Crippen LogP contribution in [0.25, 0.3) is 0 Å². The van der Waals surface area contributed by atoms with Gasteiger partial charge < -0.3 is 9.79 Å². The van der Waals surface area contributed by atoms with Crippen molar-refractivity contribution in [2.45, 2.75) is 13.0 Å². The quantitative estimate of drug-likeness (QED) is 0.282. The Morgan fingerprint density at radius 2 is 2.17 bits per heavy atom. The zero-order valence-corrected chi connectivity index (χ0v) is 7.23. The van der Waals surface area contributed by atoms with Crippen molar-refractivity contribution in [1.29, 1.82) is 0 Å². The van der Waals surface area contributed by atoms with Crippen molar-refractivity contribution in [2.75, 3.05) is 0 Å². The van der Waals surface area contributed by atoms with Gasteiger partial charge in [0.15, 0.2) is 11.9 Å². The number of carbonyl (C=O) groups excluding carboxylic acids is 1. The van der Waals surface area contributed by atoms with Crippen LogP contribution in [0.3, 0.4) is 0 Å². The van der Waals surface area contributed by atoms with Gasteiger partial charge in [0, 0.05) is 0 Å². The first-order valence-corrected chi connectivity index (χ1v) is 4.46. The van der Waals surface area contributed by atoms with Gasteiger partial charge >= 0.3 is 7.82 Å². The maximum absolute atomic E-state index is 10.7. The second kappa shape index (κ2) is 4.49. The molecule has 1 unspecified atom stereocenters. The SMILES string of the molecule is C=CC(=O)C(C)OOP(=O)(O)O. The molecule has 0 amide bonds. The van der Waals surface area contributed by atoms with E-state index in [-0.39, 0.29) is 0 Å². The molecule has 0 aromatic carbocycles. The van der Waals surface area contributed by atoms with Crippen LogP contribution in [-0.4, -0.2) is 21.7 Å². The van der Waals surface area contributed by atoms with Crippen LogP contribution in [-0.2, 0) is 18.9 Å². The summed E-state index contributed by atoms with van der Waals surface area (Å²) in [6, 6.07) is 0. The number of phosphoric acid groups is 1. The lowest BCUT2D eigenvalue weighted by molar-refractivity contribution is -0.246. The molecule has 0 aromatic heterocycles. The number of ketones is 1. The van der Waals surface area contributed by atoms with Crippen molar-refractivity contribution in [3.8, 4) is 0 Å². The first-order valence-electron chi connectivity index (χ1n) is 2.93. The average molecular weight is 196 g/mol. The van der Waals surface area contributed by atoms with Gasteiger partial charge in [-0.2, -0.15) is 0 Å². The molecule has 0 rings (SSSR count). The normalized spacial score (nSPS) is 13.9. The molecule has 6 nitrogen and oxygen atoms in total. The van der Waals surface area contributed by atoms with E-state index < -0.39 is 19.7 Å². The summed E-state index contributed by atoms with van der Waals surface area (Å²) in [4.78, 5) is 31.0. The Morgan fingerprint density at radius 3 is 2.50 bits per heavy atom. The molecule has 0 saturated heterocycles. The lowest BCUT2D eigenvalue weighted by atomic mass is 10.3. The summed E-state index contributed by atoms with van der Waals surface area (Å²) in [5, 5.41) is 0. The van der Waals surface area contributed by atoms with E-state index in [1.807, 2.05) is 0 Å². The molecule has 12 heavy (non-hydrogen) atoms. The fourth-order valence-corrected chi connectivity index (χ4v) is 0.575. The molecule has 0 aliphatic carbocycles. The minimum atomic E-state index is -4.68. The minimum absolute atomic E-state index is 0.525. The van der Waals surface area contributed by atoms with Gasteiger partial charge in [0.25, 0.3) is 0 Å². The van der Waals surface area contributed by atoms with Crippen LogP contribution in [0.4, 0.5) is 0 Å². The fourth-order valence-electron chi connectivity index (χ4n) is 0.334. The second-order valence-electron chi connectivity index (χ2n) is 1.91. The summed E-state index contributed by atoms with van der Waals surface area (Å²) in [7, 11) is -4.68. The molecule has 0 bridgehead atoms. The Balaban J connectivity index is 3.87. The summed E-state index contributed by atoms with van der Waals surface area (Å²) >= 11 is 0. The lowest BCUT2D eigenvalue weighted by Gasteiger charge is -2.08. The highest BCUT2D eigenvalue weighted by Gasteiger charge is 2.20. The van der Waals surface area contributed by atoms with Crippen LogP contribution in [0.15, 0.2) is 12.7 Å². The topological polar surface area (TPSA) is 93.1 Å². The molecule has 1 atom stereocenters. The minimum Gasteiger partial charge on any atom is -0.301 e. The molecule has 70 valence electrons. The molecule has 0 radical (unpaired) electrons. The van der Waals surface area contributed by atoms with Crippen molar-refractivity contribution in [2.24, 2.45) is 0 Å². The van der Waals surface area contributed by atoms with Gasteiger partial charge in [0.2, 0.25) is 0 Å². The van der Waals surface area contributed by atoms with Crippen molar-refractivity contribution in [3.63, 3.8) is 0 Å². The van der Waals surface area contributed by atoms with Gasteiger partial charge in [-0.25, -0.2) is 9.45 Å². The zero-order chi connectivity index (χ0) is 9.78. The first kappa shape index (κ1) is 11.5. The van der Waals surface area contributed by atoms with Crippen LogP contribution in [0.2, 0.25) is 0 Å². The number of rotatable bonds is 5. The van der Waals surface area contributed by atoms with Crippen molar-refractivity contribution >= 4 is 13.6 Å². The Kier molecular flexibility index (Phi) is 4.30. The maximum atomic E-state index is 10.7. The average Bonchev–Trinajstić information content (AvgIpc) is 1.97. The Bertz CT molecular complexity index is 218. The van der Waals surface area contributed by atoms with E-state index >= 15 is 0 Å². The molecule has 0 aliphatic rings. The molecule has 7 heteroatoms. The number of carbonyl (C=O) groups is 1. The highest BCUT2D eigenvalue weighted by Crippen LogP contribution is 2.36. The van der Waals surface area contributed by atoms with Gasteiger partial charge in [-0.15, -0.1) is 4.67 Å². The van der Waals surface area contributed by atoms with Crippen molar-refractivity contribution in [1.82, 2.24) is 0 Å². The summed E-state index contributed by atoms with van der Waals surface area (Å²) in [5.41, 5.74) is 0. The third kappa shape index (κ3) is 5.17. The Labute approximate surface area is 69.0 Å². The molecule has 0 spiro atoms. The van der Waals surface area contributed by atoms with Gasteiger partial charge in [-0.3, -0.25) is 4.79 Å². The van der Waals surface area contributed by atoms with Crippen molar-refractivity contribution < 1.29 is 28.7 Å². The van der Waals surface area contributed by atoms with E-state index in [0.717, 1.165) is 6.08 Å². The summed E-state index contributed by atoms with van der Waals surface area (Å²) in [6.07, 6.45) is -0.108. The van der Waals surface area contributed by atoms with E-state index in [9.17, 15) is 9.36 Å². The van der Waals surface area contributed by atoms with Crippen LogP contribution >= 0.6 is 7.82 Å². The largest absolute Gasteiger partial charge is 0.496 e. The molecule has 0 fully saturated rings. The van der Waals surface area contributed by atoms with E-state index in [1.165, 1.54) is 6.92 Å². The van der Waals surface area contributed by atoms with Crippen molar-refractivity contribution in [3.05, 3.63) is 12.7 Å². The predicted molar refractivity (Wildman–Crippen MR) is 38.9 cm³/mol. The maximum Gasteiger partial charge on any atom is 0.496 e. The molecular formula is C5H9O6P. The monoisotopic (exact) mass is 196 g/mol. The smallest absolute Gasteiger partial charge is 0.301 e. The van der Waals surface area contributed by atoms with Gasteiger partial charge in [-0.1, -0.05) is 6.58 Å². The number of hydrogen-bond donors (Lipinski definition) is 2. The van der Waals surface area contributed by atoms with E-state index in [0.29, 0.717) is 0 Å². The Hall–Kier alpha value is -0.520. The van der Waals surface area contributed by atoms with Gasteiger partial charge in [0.1, 0.15) is 0 Å². The molecule has 0 aliphatic heterocycles. The van der Waals surface area contributed by atoms with E-state index in [1.54, 1.807) is 0 Å². The van der Waals surface area contributed by atoms with Gasteiger partial charge in [0.05, 0.1) is 0 Å². The predicted octanol–water partition coefficient (Wildman–Crippen LogP) is 0.171. The standard InChI is InChI=1S/C5H9O6P/c1-3-5(6)4(2)10-11-12(7,8)9/h3-4H,1H2,2H3,(H2,7,8,9). The highest BCUT2D eigenvalue weighted by atomic mass is 31.2.